The van der Waals surface area contributed by atoms with Crippen molar-refractivity contribution in [3.63, 3.8) is 0 Å². The van der Waals surface area contributed by atoms with Crippen LogP contribution in [0, 0.1) is 0 Å². The van der Waals surface area contributed by atoms with Crippen molar-refractivity contribution in [3.05, 3.63) is 62.5 Å². The maximum absolute atomic E-state index is 10.7. The molecule has 0 saturated carbocycles. The number of ether oxygens (including phenoxy) is 1. The van der Waals surface area contributed by atoms with E-state index in [1.54, 1.807) is 12.1 Å². The van der Waals surface area contributed by atoms with Crippen LogP contribution in [-0.2, 0) is 11.2 Å². The lowest BCUT2D eigenvalue weighted by molar-refractivity contribution is 0.301. The molecule has 2 aromatic rings. The summed E-state index contributed by atoms with van der Waals surface area (Å²) in [5.74, 6) is 0.738. The van der Waals surface area contributed by atoms with E-state index in [2.05, 4.69) is 56.1 Å². The van der Waals surface area contributed by atoms with E-state index >= 15 is 0 Å². The molecule has 22 heavy (non-hydrogen) atoms. The molecule has 0 bridgehead atoms. The van der Waals surface area contributed by atoms with Gasteiger partial charge in [-0.05, 0) is 75.2 Å². The monoisotopic (exact) mass is 423 g/mol. The Morgan fingerprint density at radius 2 is 1.64 bits per heavy atom. The van der Waals surface area contributed by atoms with Gasteiger partial charge in [-0.25, -0.2) is 0 Å². The van der Waals surface area contributed by atoms with Gasteiger partial charge in [0.25, 0.3) is 0 Å². The maximum Gasteiger partial charge on any atom is 0.233 e. The van der Waals surface area contributed by atoms with Gasteiger partial charge in [-0.3, -0.25) is 4.79 Å². The highest BCUT2D eigenvalue weighted by Crippen LogP contribution is 2.34. The van der Waals surface area contributed by atoms with Crippen LogP contribution >= 0.6 is 31.9 Å². The van der Waals surface area contributed by atoms with Crippen LogP contribution in [0.4, 0.5) is 0 Å². The summed E-state index contributed by atoms with van der Waals surface area (Å²) in [5.41, 5.74) is 1.88. The van der Waals surface area contributed by atoms with Crippen molar-refractivity contribution in [2.24, 2.45) is 0 Å². The highest BCUT2D eigenvalue weighted by Gasteiger charge is 2.09. The Bertz CT molecular complexity index is 589. The van der Waals surface area contributed by atoms with Crippen molar-refractivity contribution in [1.82, 2.24) is 0 Å². The van der Waals surface area contributed by atoms with Gasteiger partial charge in [-0.1, -0.05) is 30.3 Å². The van der Waals surface area contributed by atoms with Gasteiger partial charge >= 0.3 is 0 Å². The number of unbranched alkanes of at least 4 members (excludes halogenated alkanes) is 2. The van der Waals surface area contributed by atoms with Crippen LogP contribution in [0.25, 0.3) is 0 Å². The summed E-state index contributed by atoms with van der Waals surface area (Å²) < 4.78 is 7.33. The summed E-state index contributed by atoms with van der Waals surface area (Å²) in [5, 5.41) is 0. The molecular formula is C18H17Br2O2. The highest BCUT2D eigenvalue weighted by atomic mass is 79.9. The van der Waals surface area contributed by atoms with E-state index in [0.717, 1.165) is 40.4 Å². The molecule has 0 aliphatic rings. The first-order valence-corrected chi connectivity index (χ1v) is 8.83. The van der Waals surface area contributed by atoms with Crippen molar-refractivity contribution in [2.75, 3.05) is 6.61 Å². The minimum Gasteiger partial charge on any atom is -0.491 e. The second-order valence-corrected chi connectivity index (χ2v) is 6.72. The molecule has 0 spiro atoms. The molecule has 4 heteroatoms. The van der Waals surface area contributed by atoms with Gasteiger partial charge in [-0.15, -0.1) is 0 Å². The van der Waals surface area contributed by atoms with E-state index in [9.17, 15) is 4.79 Å². The van der Waals surface area contributed by atoms with Crippen LogP contribution in [0.3, 0.4) is 0 Å². The first-order chi connectivity index (χ1) is 10.7. The third kappa shape index (κ3) is 5.25. The molecule has 0 aromatic heterocycles. The van der Waals surface area contributed by atoms with E-state index in [-0.39, 0.29) is 0 Å². The lowest BCUT2D eigenvalue weighted by Gasteiger charge is -2.10. The number of hydrogen-bond acceptors (Lipinski definition) is 2. The summed E-state index contributed by atoms with van der Waals surface area (Å²) in [7, 11) is 0. The molecule has 2 nitrogen and oxygen atoms in total. The summed E-state index contributed by atoms with van der Waals surface area (Å²) >= 11 is 6.84. The fourth-order valence-corrected chi connectivity index (χ4v) is 3.60. The number of benzene rings is 2. The van der Waals surface area contributed by atoms with E-state index in [1.807, 2.05) is 12.4 Å². The number of aryl methyl sites for hydroxylation is 1. The zero-order valence-corrected chi connectivity index (χ0v) is 15.3. The molecule has 1 radical (unpaired) electrons. The fraction of sp³-hybridized carbons (Fsp3) is 0.278. The van der Waals surface area contributed by atoms with Crippen LogP contribution in [0.15, 0.2) is 51.4 Å². The summed E-state index contributed by atoms with van der Waals surface area (Å²) in [6.07, 6.45) is 6.28. The number of hydrogen-bond donors (Lipinski definition) is 0. The average molecular weight is 425 g/mol. The molecule has 0 aliphatic heterocycles. The zero-order chi connectivity index (χ0) is 15.8. The minimum atomic E-state index is 0.494. The summed E-state index contributed by atoms with van der Waals surface area (Å²) in [6, 6.07) is 13.9. The Labute approximate surface area is 148 Å². The Morgan fingerprint density at radius 1 is 0.955 bits per heavy atom. The fourth-order valence-electron chi connectivity index (χ4n) is 2.18. The predicted molar refractivity (Wildman–Crippen MR) is 96.1 cm³/mol. The molecule has 0 saturated heterocycles. The number of carbonyl (C=O) groups excluding carboxylic acids is 1. The smallest absolute Gasteiger partial charge is 0.233 e. The normalized spacial score (nSPS) is 10.5. The first-order valence-electron chi connectivity index (χ1n) is 7.24. The topological polar surface area (TPSA) is 26.3 Å². The van der Waals surface area contributed by atoms with E-state index in [1.165, 1.54) is 5.56 Å². The second kappa shape index (κ2) is 9.11. The zero-order valence-electron chi connectivity index (χ0n) is 12.1. The van der Waals surface area contributed by atoms with Crippen molar-refractivity contribution < 1.29 is 9.53 Å². The van der Waals surface area contributed by atoms with E-state index in [4.69, 9.17) is 4.74 Å². The molecule has 0 amide bonds. The molecule has 0 fully saturated rings. The van der Waals surface area contributed by atoms with E-state index < -0.39 is 0 Å². The van der Waals surface area contributed by atoms with Crippen molar-refractivity contribution in [3.8, 4) is 5.75 Å². The highest BCUT2D eigenvalue weighted by molar-refractivity contribution is 9.11. The quantitative estimate of drug-likeness (QED) is 0.525. The van der Waals surface area contributed by atoms with Gasteiger partial charge in [0.1, 0.15) is 5.75 Å². The van der Waals surface area contributed by atoms with E-state index in [0.29, 0.717) is 12.2 Å². The van der Waals surface area contributed by atoms with Crippen LogP contribution < -0.4 is 4.74 Å². The Balaban J connectivity index is 1.72. The van der Waals surface area contributed by atoms with Gasteiger partial charge in [0.05, 0.1) is 15.6 Å². The third-order valence-electron chi connectivity index (χ3n) is 3.32. The van der Waals surface area contributed by atoms with Gasteiger partial charge in [0, 0.05) is 5.56 Å². The molecule has 115 valence electrons. The van der Waals surface area contributed by atoms with Gasteiger partial charge in [-0.2, -0.15) is 0 Å². The molecule has 0 unspecified atom stereocenters. The van der Waals surface area contributed by atoms with Crippen LogP contribution in [-0.4, -0.2) is 12.9 Å². The molecule has 0 N–H and O–H groups in total. The van der Waals surface area contributed by atoms with Gasteiger partial charge in [0.2, 0.25) is 6.29 Å². The van der Waals surface area contributed by atoms with Crippen LogP contribution in [0.5, 0.6) is 5.75 Å². The van der Waals surface area contributed by atoms with Crippen molar-refractivity contribution in [2.45, 2.75) is 25.7 Å². The lowest BCUT2D eigenvalue weighted by atomic mass is 10.1. The maximum atomic E-state index is 10.7. The molecular weight excluding hydrogens is 408 g/mol. The van der Waals surface area contributed by atoms with Crippen molar-refractivity contribution >= 4 is 38.1 Å². The molecule has 0 atom stereocenters. The third-order valence-corrected chi connectivity index (χ3v) is 4.49. The van der Waals surface area contributed by atoms with Gasteiger partial charge in [0.15, 0.2) is 0 Å². The number of halogens is 2. The first kappa shape index (κ1) is 17.2. The molecule has 2 rings (SSSR count). The molecule has 0 heterocycles. The van der Waals surface area contributed by atoms with Crippen LogP contribution in [0.2, 0.25) is 0 Å². The molecule has 2 aromatic carbocycles. The summed E-state index contributed by atoms with van der Waals surface area (Å²) in [6.45, 7) is 0.663. The average Bonchev–Trinajstić information content (AvgIpc) is 2.53. The minimum absolute atomic E-state index is 0.494. The lowest BCUT2D eigenvalue weighted by Crippen LogP contribution is -2.00. The van der Waals surface area contributed by atoms with Crippen molar-refractivity contribution in [1.29, 1.82) is 0 Å². The second-order valence-electron chi connectivity index (χ2n) is 5.02. The van der Waals surface area contributed by atoms with Gasteiger partial charge < -0.3 is 4.74 Å². The predicted octanol–water partition coefficient (Wildman–Crippen LogP) is 5.46. The Kier molecular flexibility index (Phi) is 7.13. The number of rotatable bonds is 8. The summed E-state index contributed by atoms with van der Waals surface area (Å²) in [4.78, 5) is 10.7. The Hall–Kier alpha value is -1.13. The standard InChI is InChI=1S/C18H17Br2O2/c19-16-11-15(13-21)12-17(20)18(16)22-10-6-2-5-9-14-7-3-1-4-8-14/h1,3-4,7-8,11-12H,2,5-6,9-10H2. The molecule has 0 aliphatic carbocycles. The van der Waals surface area contributed by atoms with Crippen LogP contribution in [0.1, 0.15) is 30.4 Å². The Morgan fingerprint density at radius 3 is 2.27 bits per heavy atom. The SMILES string of the molecule is O=[C]c1cc(Br)c(OCCCCCc2ccccc2)c(Br)c1. The largest absolute Gasteiger partial charge is 0.491 e.